The van der Waals surface area contributed by atoms with Crippen molar-refractivity contribution in [3.63, 3.8) is 0 Å². The molecule has 0 aromatic carbocycles. The predicted molar refractivity (Wildman–Crippen MR) is 54.3 cm³/mol. The quantitative estimate of drug-likeness (QED) is 0.612. The third kappa shape index (κ3) is 1.93. The fraction of sp³-hybridized carbons (Fsp3) is 1.00. The van der Waals surface area contributed by atoms with E-state index in [2.05, 4.69) is 23.8 Å². The number of hydrogen-bond acceptors (Lipinski definition) is 4. The minimum absolute atomic E-state index is 0.221. The van der Waals surface area contributed by atoms with Crippen LogP contribution in [-0.4, -0.2) is 73.0 Å². The van der Waals surface area contributed by atoms with Crippen LogP contribution in [0.3, 0.4) is 0 Å². The maximum atomic E-state index is 9.74. The Labute approximate surface area is 85.4 Å². The zero-order valence-corrected chi connectivity index (χ0v) is 9.02. The molecule has 0 saturated carbocycles. The Hall–Kier alpha value is -0.160. The number of ether oxygens (including phenoxy) is 1. The van der Waals surface area contributed by atoms with Gasteiger partial charge in [-0.25, -0.2) is 0 Å². The van der Waals surface area contributed by atoms with Crippen molar-refractivity contribution >= 4 is 0 Å². The summed E-state index contributed by atoms with van der Waals surface area (Å²) in [5, 5.41) is 9.74. The number of rotatable bonds is 1. The van der Waals surface area contributed by atoms with Crippen molar-refractivity contribution in [3.8, 4) is 0 Å². The zero-order chi connectivity index (χ0) is 10.1. The summed E-state index contributed by atoms with van der Waals surface area (Å²) in [6.45, 7) is 6.64. The number of piperazine rings is 1. The number of hydrogen-bond donors (Lipinski definition) is 1. The van der Waals surface area contributed by atoms with E-state index in [-0.39, 0.29) is 12.1 Å². The van der Waals surface area contributed by atoms with Crippen LogP contribution >= 0.6 is 0 Å². The number of nitrogens with zero attached hydrogens (tertiary/aromatic N) is 2. The Balaban J connectivity index is 1.96. The minimum atomic E-state index is -0.291. The Morgan fingerprint density at radius 1 is 1.29 bits per heavy atom. The Morgan fingerprint density at radius 3 is 2.64 bits per heavy atom. The molecule has 2 rings (SSSR count). The molecule has 0 spiro atoms. The maximum Gasteiger partial charge on any atom is 0.0950 e. The summed E-state index contributed by atoms with van der Waals surface area (Å²) in [5.41, 5.74) is 0. The van der Waals surface area contributed by atoms with Gasteiger partial charge in [-0.3, -0.25) is 4.90 Å². The molecule has 2 saturated heterocycles. The van der Waals surface area contributed by atoms with Crippen LogP contribution in [0.25, 0.3) is 0 Å². The van der Waals surface area contributed by atoms with Gasteiger partial charge in [-0.15, -0.1) is 0 Å². The molecular weight excluding hydrogens is 180 g/mol. The summed E-state index contributed by atoms with van der Waals surface area (Å²) in [4.78, 5) is 4.72. The van der Waals surface area contributed by atoms with Crippen molar-refractivity contribution in [2.75, 3.05) is 39.9 Å². The van der Waals surface area contributed by atoms with Gasteiger partial charge in [0.25, 0.3) is 0 Å². The van der Waals surface area contributed by atoms with Crippen molar-refractivity contribution in [3.05, 3.63) is 0 Å². The van der Waals surface area contributed by atoms with Gasteiger partial charge in [0.1, 0.15) is 0 Å². The zero-order valence-electron chi connectivity index (χ0n) is 9.02. The third-order valence-electron chi connectivity index (χ3n) is 3.33. The van der Waals surface area contributed by atoms with E-state index in [4.69, 9.17) is 4.74 Å². The topological polar surface area (TPSA) is 35.9 Å². The second-order valence-corrected chi connectivity index (χ2v) is 4.52. The first kappa shape index (κ1) is 10.4. The summed E-state index contributed by atoms with van der Waals surface area (Å²) in [6, 6.07) is 0.744. The summed E-state index contributed by atoms with van der Waals surface area (Å²) in [6.07, 6.45) is -0.291. The lowest BCUT2D eigenvalue weighted by Gasteiger charge is -2.42. The summed E-state index contributed by atoms with van der Waals surface area (Å²) in [7, 11) is 2.15. The van der Waals surface area contributed by atoms with E-state index in [1.165, 1.54) is 0 Å². The lowest BCUT2D eigenvalue weighted by molar-refractivity contribution is 0.0175. The Bertz CT molecular complexity index is 201. The highest BCUT2D eigenvalue weighted by Gasteiger charge is 2.35. The predicted octanol–water partition coefficient (Wildman–Crippen LogP) is -0.618. The molecule has 0 radical (unpaired) electrons. The molecule has 82 valence electrons. The average Bonchev–Trinajstić information content (AvgIpc) is 2.52. The van der Waals surface area contributed by atoms with E-state index in [9.17, 15) is 5.11 Å². The first-order chi connectivity index (χ1) is 6.68. The molecule has 0 aromatic heterocycles. The molecule has 3 atom stereocenters. The standard InChI is InChI=1S/C10H20N2O2/c1-8-5-11(2)3-4-12(8)9-6-14-7-10(9)13/h8-10,13H,3-7H2,1-2H3. The van der Waals surface area contributed by atoms with Gasteiger partial charge >= 0.3 is 0 Å². The van der Waals surface area contributed by atoms with Crippen molar-refractivity contribution in [2.45, 2.75) is 25.1 Å². The minimum Gasteiger partial charge on any atom is -0.389 e. The summed E-state index contributed by atoms with van der Waals surface area (Å²) >= 11 is 0. The van der Waals surface area contributed by atoms with Crippen LogP contribution in [0.2, 0.25) is 0 Å². The van der Waals surface area contributed by atoms with Crippen LogP contribution in [0.5, 0.6) is 0 Å². The third-order valence-corrected chi connectivity index (χ3v) is 3.33. The molecular formula is C10H20N2O2. The summed E-state index contributed by atoms with van der Waals surface area (Å²) in [5.74, 6) is 0. The van der Waals surface area contributed by atoms with E-state index >= 15 is 0 Å². The lowest BCUT2D eigenvalue weighted by atomic mass is 10.1. The molecule has 2 fully saturated rings. The van der Waals surface area contributed by atoms with Crippen LogP contribution in [0.15, 0.2) is 0 Å². The first-order valence-electron chi connectivity index (χ1n) is 5.38. The number of likely N-dealkylation sites (N-methyl/N-ethyl adjacent to an activating group) is 1. The van der Waals surface area contributed by atoms with Gasteiger partial charge in [0, 0.05) is 25.7 Å². The van der Waals surface area contributed by atoms with Gasteiger partial charge in [0.2, 0.25) is 0 Å². The van der Waals surface area contributed by atoms with Gasteiger partial charge in [-0.1, -0.05) is 0 Å². The molecule has 2 aliphatic rings. The largest absolute Gasteiger partial charge is 0.389 e. The van der Waals surface area contributed by atoms with Crippen LogP contribution in [-0.2, 0) is 4.74 Å². The average molecular weight is 200 g/mol. The van der Waals surface area contributed by atoms with Gasteiger partial charge in [0.05, 0.1) is 25.4 Å². The molecule has 0 aromatic rings. The Kier molecular flexibility index (Phi) is 3.07. The van der Waals surface area contributed by atoms with Gasteiger partial charge in [0.15, 0.2) is 0 Å². The normalized spacial score (nSPS) is 41.8. The first-order valence-corrected chi connectivity index (χ1v) is 5.38. The molecule has 4 nitrogen and oxygen atoms in total. The highest BCUT2D eigenvalue weighted by atomic mass is 16.5. The fourth-order valence-electron chi connectivity index (χ4n) is 2.49. The smallest absolute Gasteiger partial charge is 0.0950 e. The van der Waals surface area contributed by atoms with E-state index < -0.39 is 0 Å². The van der Waals surface area contributed by atoms with Crippen LogP contribution in [0.1, 0.15) is 6.92 Å². The SMILES string of the molecule is CC1CN(C)CCN1C1COCC1O. The lowest BCUT2D eigenvalue weighted by Crippen LogP contribution is -2.57. The highest BCUT2D eigenvalue weighted by Crippen LogP contribution is 2.18. The van der Waals surface area contributed by atoms with Crippen LogP contribution in [0, 0.1) is 0 Å². The summed E-state index contributed by atoms with van der Waals surface area (Å²) < 4.78 is 5.29. The highest BCUT2D eigenvalue weighted by molar-refractivity contribution is 4.89. The van der Waals surface area contributed by atoms with Crippen LogP contribution in [0.4, 0.5) is 0 Å². The van der Waals surface area contributed by atoms with Crippen molar-refractivity contribution in [2.24, 2.45) is 0 Å². The maximum absolute atomic E-state index is 9.74. The van der Waals surface area contributed by atoms with Gasteiger partial charge in [-0.05, 0) is 14.0 Å². The fourth-order valence-corrected chi connectivity index (χ4v) is 2.49. The van der Waals surface area contributed by atoms with Crippen LogP contribution < -0.4 is 0 Å². The second kappa shape index (κ2) is 4.14. The number of aliphatic hydroxyl groups excluding tert-OH is 1. The molecule has 2 aliphatic heterocycles. The molecule has 0 aliphatic carbocycles. The van der Waals surface area contributed by atoms with Gasteiger partial charge < -0.3 is 14.7 Å². The van der Waals surface area contributed by atoms with E-state index in [1.807, 2.05) is 0 Å². The van der Waals surface area contributed by atoms with E-state index in [0.29, 0.717) is 19.3 Å². The van der Waals surface area contributed by atoms with Gasteiger partial charge in [-0.2, -0.15) is 0 Å². The molecule has 3 unspecified atom stereocenters. The van der Waals surface area contributed by atoms with Crippen molar-refractivity contribution in [1.82, 2.24) is 9.80 Å². The van der Waals surface area contributed by atoms with Crippen molar-refractivity contribution in [1.29, 1.82) is 0 Å². The molecule has 4 heteroatoms. The molecule has 1 N–H and O–H groups in total. The molecule has 0 bridgehead atoms. The number of aliphatic hydroxyl groups is 1. The Morgan fingerprint density at radius 2 is 2.07 bits per heavy atom. The van der Waals surface area contributed by atoms with E-state index in [0.717, 1.165) is 19.6 Å². The molecule has 14 heavy (non-hydrogen) atoms. The molecule has 0 amide bonds. The van der Waals surface area contributed by atoms with E-state index in [1.54, 1.807) is 0 Å². The second-order valence-electron chi connectivity index (χ2n) is 4.52. The monoisotopic (exact) mass is 200 g/mol. The molecule has 2 heterocycles. The van der Waals surface area contributed by atoms with Crippen molar-refractivity contribution < 1.29 is 9.84 Å².